The first-order valence-electron chi connectivity index (χ1n) is 18.8. The van der Waals surface area contributed by atoms with Crippen LogP contribution in [0, 0.1) is 57.7 Å². The highest BCUT2D eigenvalue weighted by Gasteiger charge is 2.86. The predicted octanol–water partition coefficient (Wildman–Crippen LogP) is 5.92. The van der Waals surface area contributed by atoms with E-state index in [4.69, 9.17) is 9.47 Å². The van der Waals surface area contributed by atoms with Gasteiger partial charge in [0.05, 0.1) is 30.8 Å². The summed E-state index contributed by atoms with van der Waals surface area (Å²) in [6.45, 7) is 17.2. The van der Waals surface area contributed by atoms with Crippen molar-refractivity contribution in [1.82, 2.24) is 9.80 Å². The minimum absolute atomic E-state index is 0.104. The van der Waals surface area contributed by atoms with E-state index in [9.17, 15) is 14.7 Å². The van der Waals surface area contributed by atoms with Crippen LogP contribution in [0.3, 0.4) is 0 Å². The number of ether oxygens (including phenoxy) is 2. The Morgan fingerprint density at radius 2 is 1.80 bits per heavy atom. The molecule has 7 unspecified atom stereocenters. The molecule has 0 aromatic rings. The number of carbonyl (C=O) groups excluding carboxylic acids is 1. The first-order chi connectivity index (χ1) is 21.7. The minimum Gasteiger partial charge on any atom is -0.481 e. The number of nitrogens with zero attached hydrogens (tertiary/aromatic N) is 2. The Morgan fingerprint density at radius 1 is 1.07 bits per heavy atom. The van der Waals surface area contributed by atoms with Crippen molar-refractivity contribution in [1.29, 1.82) is 0 Å². The summed E-state index contributed by atoms with van der Waals surface area (Å²) in [6, 6.07) is 0. The number of aldehydes is 1. The molecule has 0 aromatic heterocycles. The van der Waals surface area contributed by atoms with E-state index in [0.29, 0.717) is 24.2 Å². The maximum Gasteiger partial charge on any atom is 0.315 e. The van der Waals surface area contributed by atoms with Gasteiger partial charge in [0.1, 0.15) is 11.7 Å². The zero-order chi connectivity index (χ0) is 31.6. The molecule has 252 valence electrons. The van der Waals surface area contributed by atoms with Crippen molar-refractivity contribution in [2.24, 2.45) is 57.7 Å². The standard InChI is InChI=1S/C38H60N2O5/c1-5-6-7-28-18-34(45-33(28)23-39-12-10-27(11-13-39)22-40-14-16-44-17-15-40)37-21-30-26(4)8-9-31(30)36(24-41)20-29(37)19-32(25(2)3)38(36,37)35(42)43/h19,24-31,33-34H,5-18,20-23H2,1-4H3,(H,42,43)/t26-,28?,29?,30-,31-,33?,34?,36?,37?,38?/m1/s1. The Hall–Kier alpha value is -1.28. The predicted molar refractivity (Wildman–Crippen MR) is 175 cm³/mol. The third-order valence-electron chi connectivity index (χ3n) is 14.6. The van der Waals surface area contributed by atoms with Gasteiger partial charge in [0, 0.05) is 31.6 Å². The maximum atomic E-state index is 14.1. The Bertz CT molecular complexity index is 1140. The molecule has 3 aliphatic heterocycles. The van der Waals surface area contributed by atoms with Crippen molar-refractivity contribution in [3.63, 3.8) is 0 Å². The quantitative estimate of drug-likeness (QED) is 0.226. The smallest absolute Gasteiger partial charge is 0.315 e. The van der Waals surface area contributed by atoms with Gasteiger partial charge >= 0.3 is 5.97 Å². The minimum atomic E-state index is -1.14. The van der Waals surface area contributed by atoms with Crippen LogP contribution >= 0.6 is 0 Å². The zero-order valence-electron chi connectivity index (χ0n) is 28.6. The summed E-state index contributed by atoms with van der Waals surface area (Å²) < 4.78 is 12.9. The average molecular weight is 625 g/mol. The maximum absolute atomic E-state index is 14.1. The summed E-state index contributed by atoms with van der Waals surface area (Å²) >= 11 is 0. The van der Waals surface area contributed by atoms with Gasteiger partial charge in [-0.1, -0.05) is 58.6 Å². The van der Waals surface area contributed by atoms with E-state index < -0.39 is 22.2 Å². The normalized spacial score (nSPS) is 45.3. The highest BCUT2D eigenvalue weighted by Crippen LogP contribution is 2.84. The molecule has 10 atom stereocenters. The van der Waals surface area contributed by atoms with Crippen LogP contribution in [0.5, 0.6) is 0 Å². The summed E-state index contributed by atoms with van der Waals surface area (Å²) in [5, 5.41) is 11.5. The molecule has 3 saturated heterocycles. The number of carboxylic acids is 1. The summed E-state index contributed by atoms with van der Waals surface area (Å²) in [7, 11) is 0. The second kappa shape index (κ2) is 12.3. The van der Waals surface area contributed by atoms with Crippen LogP contribution in [0.4, 0.5) is 0 Å². The van der Waals surface area contributed by atoms with Crippen LogP contribution in [-0.4, -0.2) is 91.9 Å². The van der Waals surface area contributed by atoms with Crippen molar-refractivity contribution in [2.45, 2.75) is 104 Å². The molecule has 0 amide bonds. The Labute approximate surface area is 271 Å². The van der Waals surface area contributed by atoms with Gasteiger partial charge in [-0.05, 0) is 99.5 Å². The summed E-state index contributed by atoms with van der Waals surface area (Å²) in [4.78, 5) is 32.8. The highest BCUT2D eigenvalue weighted by atomic mass is 16.5. The van der Waals surface area contributed by atoms with Gasteiger partial charge in [-0.3, -0.25) is 9.69 Å². The number of hydrogen-bond acceptors (Lipinski definition) is 6. The molecule has 45 heavy (non-hydrogen) atoms. The van der Waals surface area contributed by atoms with E-state index in [-0.39, 0.29) is 30.0 Å². The fourth-order valence-electron chi connectivity index (χ4n) is 12.7. The van der Waals surface area contributed by atoms with Crippen LogP contribution < -0.4 is 0 Å². The number of allylic oxidation sites excluding steroid dienone is 1. The van der Waals surface area contributed by atoms with Gasteiger partial charge in [-0.15, -0.1) is 0 Å². The third kappa shape index (κ3) is 4.70. The fourth-order valence-corrected chi connectivity index (χ4v) is 12.7. The molecule has 3 heterocycles. The summed E-state index contributed by atoms with van der Waals surface area (Å²) in [5.74, 6) is 1.81. The van der Waals surface area contributed by atoms with Gasteiger partial charge < -0.3 is 24.3 Å². The van der Waals surface area contributed by atoms with E-state index in [1.807, 2.05) is 0 Å². The van der Waals surface area contributed by atoms with E-state index in [1.165, 1.54) is 38.5 Å². The van der Waals surface area contributed by atoms with E-state index in [0.717, 1.165) is 89.5 Å². The molecule has 7 heteroatoms. The second-order valence-electron chi connectivity index (χ2n) is 16.8. The number of likely N-dealkylation sites (tertiary alicyclic amines) is 1. The molecular formula is C38H60N2O5. The van der Waals surface area contributed by atoms with Crippen molar-refractivity contribution in [2.75, 3.05) is 52.5 Å². The first kappa shape index (κ1) is 32.3. The molecule has 7 rings (SSSR count). The Kier molecular flexibility index (Phi) is 8.83. The molecule has 0 radical (unpaired) electrons. The Morgan fingerprint density at radius 3 is 2.47 bits per heavy atom. The van der Waals surface area contributed by atoms with Crippen LogP contribution in [0.15, 0.2) is 11.6 Å². The zero-order valence-corrected chi connectivity index (χ0v) is 28.6. The lowest BCUT2D eigenvalue weighted by molar-refractivity contribution is -0.197. The van der Waals surface area contributed by atoms with Crippen LogP contribution in [0.1, 0.15) is 91.9 Å². The number of piperidine rings is 1. The molecule has 0 spiro atoms. The number of hydrogen-bond donors (Lipinski definition) is 1. The molecule has 7 nitrogen and oxygen atoms in total. The van der Waals surface area contributed by atoms with Crippen molar-refractivity contribution >= 4 is 12.3 Å². The van der Waals surface area contributed by atoms with Gasteiger partial charge in [-0.2, -0.15) is 0 Å². The summed E-state index contributed by atoms with van der Waals surface area (Å²) in [5.41, 5.74) is -1.44. The van der Waals surface area contributed by atoms with E-state index >= 15 is 0 Å². The number of unbranched alkanes of at least 4 members (excludes halogenated alkanes) is 1. The van der Waals surface area contributed by atoms with Crippen LogP contribution in [-0.2, 0) is 19.1 Å². The van der Waals surface area contributed by atoms with Gasteiger partial charge in [-0.25, -0.2) is 0 Å². The number of fused-ring (bicyclic) bond motifs is 2. The Balaban J connectivity index is 1.16. The molecule has 3 saturated carbocycles. The number of morpholine rings is 1. The van der Waals surface area contributed by atoms with Gasteiger partial charge in [0.15, 0.2) is 0 Å². The third-order valence-corrected chi connectivity index (χ3v) is 14.6. The number of carbonyl (C=O) groups is 2. The lowest BCUT2D eigenvalue weighted by Gasteiger charge is -2.60. The van der Waals surface area contributed by atoms with Crippen LogP contribution in [0.2, 0.25) is 0 Å². The highest BCUT2D eigenvalue weighted by molar-refractivity contribution is 5.90. The largest absolute Gasteiger partial charge is 0.481 e. The van der Waals surface area contributed by atoms with Gasteiger partial charge in [0.25, 0.3) is 0 Å². The van der Waals surface area contributed by atoms with Crippen molar-refractivity contribution < 1.29 is 24.2 Å². The molecule has 7 aliphatic rings. The average Bonchev–Trinajstić information content (AvgIpc) is 3.74. The van der Waals surface area contributed by atoms with Crippen molar-refractivity contribution in [3.05, 3.63) is 11.6 Å². The molecule has 1 N–H and O–H groups in total. The number of carboxylic acid groups (broad SMARTS) is 1. The number of rotatable bonds is 11. The van der Waals surface area contributed by atoms with Gasteiger partial charge in [0.2, 0.25) is 0 Å². The first-order valence-corrected chi connectivity index (χ1v) is 18.8. The lowest BCUT2D eigenvalue weighted by Crippen LogP contribution is -2.65. The summed E-state index contributed by atoms with van der Waals surface area (Å²) in [6.07, 6.45) is 14.2. The SMILES string of the molecule is CCCCC1CC(C23C[C@@H]4[C@H](C)CC[C@H]4C4(C=O)CC2C=C(C(C)C)C34C(=O)O)OC1CN1CCC(CN2CCOCC2)CC1. The molecule has 0 aromatic carbocycles. The van der Waals surface area contributed by atoms with E-state index in [2.05, 4.69) is 43.6 Å². The van der Waals surface area contributed by atoms with Crippen LogP contribution in [0.25, 0.3) is 0 Å². The molecule has 6 fully saturated rings. The molecule has 4 aliphatic carbocycles. The van der Waals surface area contributed by atoms with E-state index in [1.54, 1.807) is 0 Å². The lowest BCUT2D eigenvalue weighted by atomic mass is 9.41. The second-order valence-corrected chi connectivity index (χ2v) is 16.8. The van der Waals surface area contributed by atoms with Crippen molar-refractivity contribution in [3.8, 4) is 0 Å². The monoisotopic (exact) mass is 624 g/mol. The molecular weight excluding hydrogens is 564 g/mol. The molecule has 4 bridgehead atoms. The topological polar surface area (TPSA) is 79.3 Å². The fraction of sp³-hybridized carbons (Fsp3) is 0.895. The number of aliphatic carboxylic acids is 1.